The number of aryl methyl sites for hydroxylation is 2. The largest absolute Gasteiger partial charge is 0.440 e. The van der Waals surface area contributed by atoms with Gasteiger partial charge in [-0.1, -0.05) is 35.9 Å². The van der Waals surface area contributed by atoms with E-state index in [-0.39, 0.29) is 0 Å². The number of benzene rings is 2. The molecule has 3 aromatic rings. The van der Waals surface area contributed by atoms with Crippen molar-refractivity contribution in [3.63, 3.8) is 0 Å². The Labute approximate surface area is 136 Å². The van der Waals surface area contributed by atoms with Gasteiger partial charge in [0.15, 0.2) is 11.5 Å². The minimum Gasteiger partial charge on any atom is -0.440 e. The van der Waals surface area contributed by atoms with Crippen LogP contribution in [0, 0.1) is 13.8 Å². The zero-order chi connectivity index (χ0) is 15.8. The van der Waals surface area contributed by atoms with Crippen LogP contribution in [0.1, 0.15) is 34.9 Å². The number of oxazole rings is 1. The highest BCUT2D eigenvalue weighted by Gasteiger charge is 2.27. The summed E-state index contributed by atoms with van der Waals surface area (Å²) in [5, 5.41) is 0. The molecule has 1 fully saturated rings. The Bertz CT molecular complexity index is 819. The zero-order valence-corrected chi connectivity index (χ0v) is 13.7. The molecule has 1 atom stereocenters. The van der Waals surface area contributed by atoms with E-state index < -0.39 is 0 Å². The quantitative estimate of drug-likeness (QED) is 0.716. The van der Waals surface area contributed by atoms with Crippen LogP contribution in [0.15, 0.2) is 46.9 Å². The topological polar surface area (TPSA) is 29.3 Å². The Balaban J connectivity index is 1.47. The molecule has 3 heteroatoms. The number of aromatic nitrogens is 1. The third-order valence-electron chi connectivity index (χ3n) is 4.71. The van der Waals surface area contributed by atoms with Gasteiger partial charge < -0.3 is 4.42 Å². The smallest absolute Gasteiger partial charge is 0.199 e. The van der Waals surface area contributed by atoms with Crippen LogP contribution in [0.3, 0.4) is 0 Å². The molecule has 0 unspecified atom stereocenters. The van der Waals surface area contributed by atoms with Crippen LogP contribution in [0.2, 0.25) is 0 Å². The number of hydrogen-bond donors (Lipinski definition) is 0. The number of nitrogens with zero attached hydrogens (tertiary/aromatic N) is 2. The van der Waals surface area contributed by atoms with Crippen molar-refractivity contribution in [1.82, 2.24) is 9.88 Å². The van der Waals surface area contributed by atoms with E-state index in [1.165, 1.54) is 16.7 Å². The fourth-order valence-electron chi connectivity index (χ4n) is 3.36. The van der Waals surface area contributed by atoms with Crippen LogP contribution in [0.4, 0.5) is 0 Å². The zero-order valence-electron chi connectivity index (χ0n) is 13.7. The van der Waals surface area contributed by atoms with Gasteiger partial charge >= 0.3 is 0 Å². The maximum Gasteiger partial charge on any atom is 0.199 e. The lowest BCUT2D eigenvalue weighted by molar-refractivity contribution is 0.321. The van der Waals surface area contributed by atoms with Gasteiger partial charge in [-0.05, 0) is 50.1 Å². The predicted octanol–water partition coefficient (Wildman–Crippen LogP) is 4.43. The van der Waals surface area contributed by atoms with E-state index in [0.717, 1.165) is 43.0 Å². The van der Waals surface area contributed by atoms with Gasteiger partial charge in [-0.15, -0.1) is 0 Å². The Morgan fingerprint density at radius 3 is 2.70 bits per heavy atom. The van der Waals surface area contributed by atoms with Crippen molar-refractivity contribution in [2.75, 3.05) is 13.1 Å². The van der Waals surface area contributed by atoms with E-state index in [4.69, 9.17) is 9.40 Å². The highest BCUT2D eigenvalue weighted by Crippen LogP contribution is 2.30. The molecule has 0 radical (unpaired) electrons. The first-order valence-corrected chi connectivity index (χ1v) is 8.32. The van der Waals surface area contributed by atoms with Crippen LogP contribution >= 0.6 is 0 Å². The van der Waals surface area contributed by atoms with Crippen molar-refractivity contribution in [3.05, 3.63) is 65.0 Å². The van der Waals surface area contributed by atoms with E-state index >= 15 is 0 Å². The Morgan fingerprint density at radius 1 is 1.09 bits per heavy atom. The van der Waals surface area contributed by atoms with Gasteiger partial charge in [-0.3, -0.25) is 4.90 Å². The standard InChI is InChI=1S/C20H22N2O/c1-14-3-6-16(7-4-14)12-22-10-9-17(13-22)20-21-18-11-15(2)5-8-19(18)23-20/h3-8,11,17H,9-10,12-13H2,1-2H3/t17-/m0/s1. The molecule has 2 aromatic carbocycles. The monoisotopic (exact) mass is 306 g/mol. The normalized spacial score (nSPS) is 18.8. The fourth-order valence-corrected chi connectivity index (χ4v) is 3.36. The lowest BCUT2D eigenvalue weighted by Crippen LogP contribution is -2.19. The van der Waals surface area contributed by atoms with Crippen molar-refractivity contribution in [1.29, 1.82) is 0 Å². The maximum atomic E-state index is 5.98. The molecule has 1 aliphatic rings. The summed E-state index contributed by atoms with van der Waals surface area (Å²) in [6.45, 7) is 7.36. The van der Waals surface area contributed by atoms with Crippen molar-refractivity contribution < 1.29 is 4.42 Å². The van der Waals surface area contributed by atoms with Crippen molar-refractivity contribution in [2.45, 2.75) is 32.7 Å². The van der Waals surface area contributed by atoms with E-state index in [2.05, 4.69) is 55.1 Å². The second-order valence-corrected chi connectivity index (χ2v) is 6.73. The molecular formula is C20H22N2O. The minimum absolute atomic E-state index is 0.410. The fraction of sp³-hybridized carbons (Fsp3) is 0.350. The Hall–Kier alpha value is -2.13. The van der Waals surface area contributed by atoms with Gasteiger partial charge in [-0.2, -0.15) is 0 Å². The summed E-state index contributed by atoms with van der Waals surface area (Å²) < 4.78 is 5.98. The molecule has 0 bridgehead atoms. The van der Waals surface area contributed by atoms with Gasteiger partial charge in [-0.25, -0.2) is 4.98 Å². The van der Waals surface area contributed by atoms with Gasteiger partial charge in [0.1, 0.15) is 5.52 Å². The van der Waals surface area contributed by atoms with E-state index in [9.17, 15) is 0 Å². The molecule has 23 heavy (non-hydrogen) atoms. The first kappa shape index (κ1) is 14.5. The molecule has 3 nitrogen and oxygen atoms in total. The molecule has 118 valence electrons. The van der Waals surface area contributed by atoms with Gasteiger partial charge in [0.05, 0.1) is 0 Å². The highest BCUT2D eigenvalue weighted by atomic mass is 16.3. The van der Waals surface area contributed by atoms with Crippen molar-refractivity contribution in [3.8, 4) is 0 Å². The van der Waals surface area contributed by atoms with Gasteiger partial charge in [0, 0.05) is 19.0 Å². The maximum absolute atomic E-state index is 5.98. The average molecular weight is 306 g/mol. The SMILES string of the molecule is Cc1ccc(CN2CC[C@H](c3nc4cc(C)ccc4o3)C2)cc1. The Kier molecular flexibility index (Phi) is 3.66. The molecule has 1 aromatic heterocycles. The summed E-state index contributed by atoms with van der Waals surface area (Å²) >= 11 is 0. The molecule has 1 saturated heterocycles. The first-order chi connectivity index (χ1) is 11.2. The third kappa shape index (κ3) is 3.02. The molecule has 0 spiro atoms. The molecular weight excluding hydrogens is 284 g/mol. The third-order valence-corrected chi connectivity index (χ3v) is 4.71. The molecule has 0 aliphatic carbocycles. The van der Waals surface area contributed by atoms with Gasteiger partial charge in [0.25, 0.3) is 0 Å². The highest BCUT2D eigenvalue weighted by molar-refractivity contribution is 5.73. The van der Waals surface area contributed by atoms with Crippen LogP contribution < -0.4 is 0 Å². The number of hydrogen-bond acceptors (Lipinski definition) is 3. The molecule has 0 saturated carbocycles. The van der Waals surface area contributed by atoms with Crippen molar-refractivity contribution >= 4 is 11.1 Å². The lowest BCUT2D eigenvalue weighted by Gasteiger charge is -2.15. The summed E-state index contributed by atoms with van der Waals surface area (Å²) in [6, 6.07) is 15.0. The van der Waals surface area contributed by atoms with Crippen LogP contribution in [-0.4, -0.2) is 23.0 Å². The number of fused-ring (bicyclic) bond motifs is 1. The first-order valence-electron chi connectivity index (χ1n) is 8.32. The van der Waals surface area contributed by atoms with E-state index in [0.29, 0.717) is 5.92 Å². The second-order valence-electron chi connectivity index (χ2n) is 6.73. The summed E-state index contributed by atoms with van der Waals surface area (Å²) in [5.74, 6) is 1.31. The van der Waals surface area contributed by atoms with Crippen LogP contribution in [0.5, 0.6) is 0 Å². The predicted molar refractivity (Wildman–Crippen MR) is 92.6 cm³/mol. The average Bonchev–Trinajstić information content (AvgIpc) is 3.15. The molecule has 4 rings (SSSR count). The van der Waals surface area contributed by atoms with Crippen LogP contribution in [0.25, 0.3) is 11.1 Å². The van der Waals surface area contributed by atoms with Crippen LogP contribution in [-0.2, 0) is 6.54 Å². The lowest BCUT2D eigenvalue weighted by atomic mass is 10.1. The molecule has 1 aliphatic heterocycles. The molecule has 0 amide bonds. The van der Waals surface area contributed by atoms with E-state index in [1.54, 1.807) is 0 Å². The summed E-state index contributed by atoms with van der Waals surface area (Å²) in [7, 11) is 0. The van der Waals surface area contributed by atoms with E-state index in [1.807, 2.05) is 6.07 Å². The second kappa shape index (κ2) is 5.82. The summed E-state index contributed by atoms with van der Waals surface area (Å²) in [5.41, 5.74) is 5.81. The summed E-state index contributed by atoms with van der Waals surface area (Å²) in [4.78, 5) is 7.21. The molecule has 2 heterocycles. The minimum atomic E-state index is 0.410. The van der Waals surface area contributed by atoms with Gasteiger partial charge in [0.2, 0.25) is 0 Å². The summed E-state index contributed by atoms with van der Waals surface area (Å²) in [6.07, 6.45) is 1.12. The number of rotatable bonds is 3. The molecule has 0 N–H and O–H groups in total. The number of likely N-dealkylation sites (tertiary alicyclic amines) is 1. The van der Waals surface area contributed by atoms with Crippen molar-refractivity contribution in [2.24, 2.45) is 0 Å². The Morgan fingerprint density at radius 2 is 1.87 bits per heavy atom.